The van der Waals surface area contributed by atoms with Gasteiger partial charge in [0.2, 0.25) is 11.8 Å². The lowest BCUT2D eigenvalue weighted by Crippen LogP contribution is -2.32. The molecule has 0 saturated carbocycles. The summed E-state index contributed by atoms with van der Waals surface area (Å²) < 4.78 is 0. The van der Waals surface area contributed by atoms with Crippen LogP contribution in [0.15, 0.2) is 136 Å². The van der Waals surface area contributed by atoms with E-state index < -0.39 is 0 Å². The monoisotopic (exact) mass is 769 g/mol. The zero-order chi connectivity index (χ0) is 40.7. The van der Waals surface area contributed by atoms with Crippen LogP contribution in [0.25, 0.3) is 0 Å². The first-order valence-electron chi connectivity index (χ1n) is 18.8. The van der Waals surface area contributed by atoms with Gasteiger partial charge >= 0.3 is 6.03 Å². The molecule has 1 aliphatic carbocycles. The summed E-state index contributed by atoms with van der Waals surface area (Å²) in [5.74, 6) is 0.165. The van der Waals surface area contributed by atoms with Gasteiger partial charge in [0.25, 0.3) is 5.91 Å². The molecule has 1 unspecified atom stereocenters. The minimum absolute atomic E-state index is 0.0557. The highest BCUT2D eigenvalue weighted by atomic mass is 16.2. The number of aryl methyl sites for hydroxylation is 1. The van der Waals surface area contributed by atoms with E-state index >= 15 is 0 Å². The molecule has 2 aromatic rings. The fourth-order valence-corrected chi connectivity index (χ4v) is 6.11. The molecule has 0 bridgehead atoms. The van der Waals surface area contributed by atoms with Gasteiger partial charge in [-0.1, -0.05) is 42.5 Å². The molecule has 1 saturated heterocycles. The van der Waals surface area contributed by atoms with Crippen LogP contribution in [-0.2, 0) is 27.3 Å². The highest BCUT2D eigenvalue weighted by molar-refractivity contribution is 5.99. The predicted octanol–water partition coefficient (Wildman–Crippen LogP) is 4.93. The van der Waals surface area contributed by atoms with Crippen LogP contribution >= 0.6 is 0 Å². The fourth-order valence-electron chi connectivity index (χ4n) is 6.11. The Morgan fingerprint density at radius 2 is 1.75 bits per heavy atom. The van der Waals surface area contributed by atoms with Crippen LogP contribution in [0, 0.1) is 5.92 Å². The third-order valence-corrected chi connectivity index (χ3v) is 9.13. The molecule has 2 aromatic carbocycles. The van der Waals surface area contributed by atoms with Crippen LogP contribution in [0.5, 0.6) is 0 Å². The molecular formula is C44H51N9O4. The molecule has 13 heteroatoms. The predicted molar refractivity (Wildman–Crippen MR) is 227 cm³/mol. The van der Waals surface area contributed by atoms with Crippen LogP contribution in [0.2, 0.25) is 0 Å². The van der Waals surface area contributed by atoms with Crippen LogP contribution in [0.3, 0.4) is 0 Å². The van der Waals surface area contributed by atoms with Gasteiger partial charge in [0, 0.05) is 96.1 Å². The van der Waals surface area contributed by atoms with Crippen molar-refractivity contribution in [2.24, 2.45) is 15.9 Å². The number of amides is 5. The highest BCUT2D eigenvalue weighted by Gasteiger charge is 2.27. The van der Waals surface area contributed by atoms with E-state index in [0.717, 1.165) is 22.4 Å². The maximum atomic E-state index is 13.3. The Morgan fingerprint density at radius 3 is 2.51 bits per heavy atom. The zero-order valence-electron chi connectivity index (χ0n) is 33.2. The molecule has 296 valence electrons. The molecular weight excluding hydrogens is 719 g/mol. The van der Waals surface area contributed by atoms with Gasteiger partial charge in [0.05, 0.1) is 11.3 Å². The maximum absolute atomic E-state index is 13.3. The summed E-state index contributed by atoms with van der Waals surface area (Å²) in [7, 11) is 8.98. The van der Waals surface area contributed by atoms with Crippen LogP contribution in [0.4, 0.5) is 16.2 Å². The second kappa shape index (κ2) is 20.4. The summed E-state index contributed by atoms with van der Waals surface area (Å²) in [6, 6.07) is 15.0. The van der Waals surface area contributed by atoms with Crippen LogP contribution in [0.1, 0.15) is 17.5 Å². The van der Waals surface area contributed by atoms with E-state index in [9.17, 15) is 19.2 Å². The Balaban J connectivity index is 1.06. The van der Waals surface area contributed by atoms with Crippen molar-refractivity contribution in [3.05, 3.63) is 137 Å². The van der Waals surface area contributed by atoms with Crippen molar-refractivity contribution in [1.29, 1.82) is 0 Å². The van der Waals surface area contributed by atoms with E-state index in [0.29, 0.717) is 61.9 Å². The van der Waals surface area contributed by atoms with Crippen molar-refractivity contribution in [2.75, 3.05) is 72.1 Å². The minimum Gasteiger partial charge on any atom is -0.344 e. The summed E-state index contributed by atoms with van der Waals surface area (Å²) in [5, 5.41) is 9.13. The lowest BCUT2D eigenvalue weighted by Gasteiger charge is -2.18. The van der Waals surface area contributed by atoms with E-state index in [1.165, 1.54) is 11.0 Å². The lowest BCUT2D eigenvalue weighted by molar-refractivity contribution is -0.124. The van der Waals surface area contributed by atoms with Gasteiger partial charge in [-0.25, -0.2) is 9.79 Å². The Kier molecular flexibility index (Phi) is 14.9. The first kappa shape index (κ1) is 41.6. The summed E-state index contributed by atoms with van der Waals surface area (Å²) in [6.07, 6.45) is 18.9. The van der Waals surface area contributed by atoms with Crippen molar-refractivity contribution >= 4 is 47.6 Å². The van der Waals surface area contributed by atoms with Gasteiger partial charge in [0.1, 0.15) is 5.82 Å². The van der Waals surface area contributed by atoms with E-state index in [4.69, 9.17) is 0 Å². The SMILES string of the molecule is CN=C/C(=C\CN1CCN(Cc2ccc(NC(=O)CCc3cccc(NC(=O)/C=C/CN(C)C)c3)cc2)C1=O)NC1=CC(C2=CC=C=C(C(=O)N(C)C)C=C2)C=N1. The quantitative estimate of drug-likeness (QED) is 0.118. The second-order valence-electron chi connectivity index (χ2n) is 14.2. The average Bonchev–Trinajstić information content (AvgIpc) is 3.70. The number of hydrogen-bond donors (Lipinski definition) is 3. The van der Waals surface area contributed by atoms with E-state index in [-0.39, 0.29) is 36.1 Å². The number of urea groups is 1. The third kappa shape index (κ3) is 12.7. The molecule has 0 radical (unpaired) electrons. The summed E-state index contributed by atoms with van der Waals surface area (Å²) in [5.41, 5.74) is 8.49. The number of allylic oxidation sites excluding steroid dienone is 5. The van der Waals surface area contributed by atoms with Gasteiger partial charge < -0.3 is 35.6 Å². The first-order chi connectivity index (χ1) is 27.5. The largest absolute Gasteiger partial charge is 0.344 e. The second-order valence-corrected chi connectivity index (χ2v) is 14.2. The minimum atomic E-state index is -0.198. The standard InChI is InChI=1S/C44H51N9O4/c1-45-30-39(47-40-28-36(29-46-40)34-10-7-11-35(18-17-34)43(56)51(4)5)22-24-52-25-26-53(44(52)57)31-33-14-19-37(20-15-33)48-42(55)21-16-32-9-6-12-38(27-32)49-41(54)13-8-23-50(2)3/h6-10,12-15,17-20,22,27-30,36,47H,16,21,23-26,31H2,1-5H3,(H,48,55)(H,49,54)/b13-8+,39-22+,45-30?. The lowest BCUT2D eigenvalue weighted by atomic mass is 10.00. The normalized spacial score (nSPS) is 16.7. The van der Waals surface area contributed by atoms with Crippen LogP contribution < -0.4 is 16.0 Å². The van der Waals surface area contributed by atoms with Crippen molar-refractivity contribution in [3.63, 3.8) is 0 Å². The molecule has 57 heavy (non-hydrogen) atoms. The number of anilines is 2. The van der Waals surface area contributed by atoms with Crippen molar-refractivity contribution in [1.82, 2.24) is 24.9 Å². The number of benzene rings is 2. The van der Waals surface area contributed by atoms with E-state index in [1.54, 1.807) is 50.5 Å². The molecule has 1 atom stereocenters. The summed E-state index contributed by atoms with van der Waals surface area (Å²) in [6.45, 7) is 2.71. The molecule has 3 N–H and O–H groups in total. The van der Waals surface area contributed by atoms with Crippen molar-refractivity contribution in [2.45, 2.75) is 19.4 Å². The number of hydrogen-bond acceptors (Lipinski definition) is 8. The highest BCUT2D eigenvalue weighted by Crippen LogP contribution is 2.23. The number of likely N-dealkylation sites (N-methyl/N-ethyl adjacent to an activating group) is 2. The zero-order valence-corrected chi connectivity index (χ0v) is 33.2. The topological polar surface area (TPSA) is 142 Å². The molecule has 13 nitrogen and oxygen atoms in total. The molecule has 5 amide bonds. The number of carbonyl (C=O) groups excluding carboxylic acids is 4. The Labute approximate surface area is 334 Å². The Morgan fingerprint density at radius 1 is 0.965 bits per heavy atom. The number of nitrogens with one attached hydrogen (secondary N) is 3. The van der Waals surface area contributed by atoms with E-state index in [2.05, 4.69) is 31.7 Å². The Bertz CT molecular complexity index is 2100. The molecule has 0 aromatic heterocycles. The molecule has 2 aliphatic heterocycles. The van der Waals surface area contributed by atoms with Gasteiger partial charge in [-0.2, -0.15) is 0 Å². The van der Waals surface area contributed by atoms with Gasteiger partial charge in [-0.15, -0.1) is 5.73 Å². The van der Waals surface area contributed by atoms with Crippen molar-refractivity contribution in [3.8, 4) is 0 Å². The molecule has 3 aliphatic rings. The summed E-state index contributed by atoms with van der Waals surface area (Å²) >= 11 is 0. The number of aliphatic imine (C=N–C) groups is 2. The van der Waals surface area contributed by atoms with Gasteiger partial charge in [0.15, 0.2) is 0 Å². The Hall–Kier alpha value is -6.56. The first-order valence-corrected chi connectivity index (χ1v) is 18.8. The van der Waals surface area contributed by atoms with Gasteiger partial charge in [-0.3, -0.25) is 19.4 Å². The fraction of sp³-hybridized carbons (Fsp3) is 0.295. The van der Waals surface area contributed by atoms with Gasteiger partial charge in [-0.05, 0) is 85.8 Å². The average molecular weight is 770 g/mol. The summed E-state index contributed by atoms with van der Waals surface area (Å²) in [4.78, 5) is 66.4. The van der Waals surface area contributed by atoms with Crippen LogP contribution in [-0.4, -0.2) is 117 Å². The molecule has 2 heterocycles. The molecule has 1 fully saturated rings. The number of nitrogens with zero attached hydrogens (tertiary/aromatic N) is 6. The number of rotatable bonds is 17. The van der Waals surface area contributed by atoms with Crippen molar-refractivity contribution < 1.29 is 19.2 Å². The molecule has 0 spiro atoms. The number of carbonyl (C=O) groups is 4. The smallest absolute Gasteiger partial charge is 0.320 e. The molecule has 5 rings (SSSR count). The third-order valence-electron chi connectivity index (χ3n) is 9.13. The van der Waals surface area contributed by atoms with E-state index in [1.807, 2.05) is 103 Å². The maximum Gasteiger partial charge on any atom is 0.320 e.